The third kappa shape index (κ3) is 3.38. The van der Waals surface area contributed by atoms with Gasteiger partial charge in [-0.25, -0.2) is 10.5 Å². The number of anilines is 2. The molecule has 2 N–H and O–H groups in total. The second-order valence-electron chi connectivity index (χ2n) is 3.57. The van der Waals surface area contributed by atoms with Crippen LogP contribution in [0.15, 0.2) is 35.6 Å². The zero-order chi connectivity index (χ0) is 13.7. The van der Waals surface area contributed by atoms with Gasteiger partial charge in [-0.05, 0) is 42.8 Å². The lowest BCUT2D eigenvalue weighted by Gasteiger charge is -2.08. The molecular weight excluding hydrogens is 266 g/mol. The zero-order valence-corrected chi connectivity index (χ0v) is 11.0. The molecule has 0 radical (unpaired) electrons. The number of benzene rings is 1. The van der Waals surface area contributed by atoms with Crippen LogP contribution in [-0.2, 0) is 0 Å². The van der Waals surface area contributed by atoms with Crippen LogP contribution in [-0.4, -0.2) is 16.6 Å². The van der Waals surface area contributed by atoms with Crippen molar-refractivity contribution in [1.29, 1.82) is 5.53 Å². The van der Waals surface area contributed by atoms with Gasteiger partial charge >= 0.3 is 0 Å². The first-order chi connectivity index (χ1) is 9.22. The second kappa shape index (κ2) is 6.10. The van der Waals surface area contributed by atoms with E-state index in [-0.39, 0.29) is 5.28 Å². The molecule has 0 saturated heterocycles. The minimum Gasteiger partial charge on any atom is -0.494 e. The third-order valence-electron chi connectivity index (χ3n) is 2.29. The molecular formula is C12H12ClN5O. The Balaban J connectivity index is 2.20. The van der Waals surface area contributed by atoms with Crippen LogP contribution in [0.25, 0.3) is 0 Å². The van der Waals surface area contributed by atoms with Crippen molar-refractivity contribution in [2.75, 3.05) is 11.9 Å². The lowest BCUT2D eigenvalue weighted by molar-refractivity contribution is 0.340. The van der Waals surface area contributed by atoms with E-state index in [0.717, 1.165) is 11.4 Å². The predicted molar refractivity (Wildman–Crippen MR) is 72.7 cm³/mol. The number of ether oxygens (including phenoxy) is 1. The van der Waals surface area contributed by atoms with Crippen LogP contribution in [0.5, 0.6) is 5.75 Å². The van der Waals surface area contributed by atoms with Crippen LogP contribution in [0.2, 0.25) is 5.28 Å². The molecule has 1 heterocycles. The molecule has 6 nitrogen and oxygen atoms in total. The summed E-state index contributed by atoms with van der Waals surface area (Å²) in [5.74, 6) is 1.18. The van der Waals surface area contributed by atoms with Gasteiger partial charge in [0.05, 0.1) is 12.8 Å². The van der Waals surface area contributed by atoms with Crippen molar-refractivity contribution in [1.82, 2.24) is 9.97 Å². The van der Waals surface area contributed by atoms with Gasteiger partial charge in [-0.2, -0.15) is 10.1 Å². The summed E-state index contributed by atoms with van der Waals surface area (Å²) in [6.45, 7) is 2.55. The molecule has 0 amide bonds. The molecule has 98 valence electrons. The first-order valence-corrected chi connectivity index (χ1v) is 6.00. The van der Waals surface area contributed by atoms with E-state index in [1.165, 1.54) is 6.20 Å². The van der Waals surface area contributed by atoms with E-state index in [4.69, 9.17) is 21.9 Å². The SMILES string of the molecule is CCOc1ccc(Nc2nc(Cl)ncc2N=N)cc1. The number of halogens is 1. The average molecular weight is 278 g/mol. The summed E-state index contributed by atoms with van der Waals surface area (Å²) in [4.78, 5) is 7.77. The van der Waals surface area contributed by atoms with Gasteiger partial charge in [0, 0.05) is 5.69 Å². The summed E-state index contributed by atoms with van der Waals surface area (Å²) in [5, 5.41) is 6.46. The third-order valence-corrected chi connectivity index (χ3v) is 2.47. The van der Waals surface area contributed by atoms with Gasteiger partial charge in [0.15, 0.2) is 5.82 Å². The molecule has 0 aliphatic rings. The molecule has 7 heteroatoms. The Bertz CT molecular complexity index is 573. The Morgan fingerprint density at radius 2 is 2.11 bits per heavy atom. The van der Waals surface area contributed by atoms with Crippen LogP contribution < -0.4 is 10.1 Å². The van der Waals surface area contributed by atoms with Crippen molar-refractivity contribution < 1.29 is 4.74 Å². The standard InChI is InChI=1S/C12H12ClN5O/c1-2-19-9-5-3-8(4-6-9)16-11-10(18-14)7-15-12(13)17-11/h3-7,14H,2H2,1H3,(H,15,16,17). The van der Waals surface area contributed by atoms with Crippen molar-refractivity contribution in [3.63, 3.8) is 0 Å². The highest BCUT2D eigenvalue weighted by Gasteiger charge is 2.06. The Labute approximate surface area is 115 Å². The maximum Gasteiger partial charge on any atom is 0.224 e. The van der Waals surface area contributed by atoms with Gasteiger partial charge < -0.3 is 10.1 Å². The first-order valence-electron chi connectivity index (χ1n) is 5.63. The van der Waals surface area contributed by atoms with E-state index in [1.807, 2.05) is 31.2 Å². The van der Waals surface area contributed by atoms with Crippen molar-refractivity contribution in [2.24, 2.45) is 5.11 Å². The lowest BCUT2D eigenvalue weighted by atomic mass is 10.3. The van der Waals surface area contributed by atoms with Gasteiger partial charge in [-0.15, -0.1) is 0 Å². The minimum atomic E-state index is 0.0980. The zero-order valence-electron chi connectivity index (χ0n) is 10.2. The fraction of sp³-hybridized carbons (Fsp3) is 0.167. The summed E-state index contributed by atoms with van der Waals surface area (Å²) in [6.07, 6.45) is 1.39. The molecule has 0 bridgehead atoms. The summed E-state index contributed by atoms with van der Waals surface area (Å²) in [7, 11) is 0. The van der Waals surface area contributed by atoms with Crippen molar-refractivity contribution >= 4 is 28.8 Å². The molecule has 19 heavy (non-hydrogen) atoms. The monoisotopic (exact) mass is 277 g/mol. The largest absolute Gasteiger partial charge is 0.494 e. The normalized spacial score (nSPS) is 10.0. The Hall–Kier alpha value is -2.21. The van der Waals surface area contributed by atoms with Gasteiger partial charge in [-0.1, -0.05) is 0 Å². The summed E-state index contributed by atoms with van der Waals surface area (Å²) in [6, 6.07) is 7.36. The van der Waals surface area contributed by atoms with Crippen molar-refractivity contribution in [3.05, 3.63) is 35.7 Å². The minimum absolute atomic E-state index is 0.0980. The summed E-state index contributed by atoms with van der Waals surface area (Å²) in [5.41, 5.74) is 8.16. The predicted octanol–water partition coefficient (Wildman–Crippen LogP) is 3.93. The van der Waals surface area contributed by atoms with Gasteiger partial charge in [-0.3, -0.25) is 0 Å². The van der Waals surface area contributed by atoms with Crippen LogP contribution in [0.1, 0.15) is 6.92 Å². The number of hydrogen-bond acceptors (Lipinski definition) is 6. The smallest absolute Gasteiger partial charge is 0.224 e. The van der Waals surface area contributed by atoms with Gasteiger partial charge in [0.2, 0.25) is 5.28 Å². The molecule has 0 spiro atoms. The molecule has 0 fully saturated rings. The number of aromatic nitrogens is 2. The molecule has 0 atom stereocenters. The number of nitrogens with zero attached hydrogens (tertiary/aromatic N) is 3. The highest BCUT2D eigenvalue weighted by molar-refractivity contribution is 6.28. The fourth-order valence-electron chi connectivity index (χ4n) is 1.47. The fourth-order valence-corrected chi connectivity index (χ4v) is 1.60. The maximum atomic E-state index is 7.05. The van der Waals surface area contributed by atoms with E-state index in [9.17, 15) is 0 Å². The van der Waals surface area contributed by atoms with Crippen molar-refractivity contribution in [3.8, 4) is 5.75 Å². The average Bonchev–Trinajstić information content (AvgIpc) is 2.42. The molecule has 0 unspecified atom stereocenters. The molecule has 2 rings (SSSR count). The van der Waals surface area contributed by atoms with Crippen molar-refractivity contribution in [2.45, 2.75) is 6.92 Å². The van der Waals surface area contributed by atoms with E-state index >= 15 is 0 Å². The molecule has 1 aromatic carbocycles. The highest BCUT2D eigenvalue weighted by atomic mass is 35.5. The number of hydrogen-bond donors (Lipinski definition) is 2. The quantitative estimate of drug-likeness (QED) is 0.640. The Morgan fingerprint density at radius 1 is 1.37 bits per heavy atom. The number of nitrogens with one attached hydrogen (secondary N) is 2. The second-order valence-corrected chi connectivity index (χ2v) is 3.91. The Morgan fingerprint density at radius 3 is 2.74 bits per heavy atom. The summed E-state index contributed by atoms with van der Waals surface area (Å²) < 4.78 is 5.35. The Kier molecular flexibility index (Phi) is 4.25. The van der Waals surface area contributed by atoms with E-state index in [2.05, 4.69) is 20.4 Å². The topological polar surface area (TPSA) is 83.2 Å². The molecule has 0 aliphatic carbocycles. The van der Waals surface area contributed by atoms with Gasteiger partial charge in [0.25, 0.3) is 0 Å². The van der Waals surface area contributed by atoms with Crippen LogP contribution in [0.3, 0.4) is 0 Å². The highest BCUT2D eigenvalue weighted by Crippen LogP contribution is 2.27. The van der Waals surface area contributed by atoms with E-state index in [0.29, 0.717) is 18.1 Å². The molecule has 1 aromatic heterocycles. The van der Waals surface area contributed by atoms with Crippen LogP contribution in [0.4, 0.5) is 17.2 Å². The first kappa shape index (κ1) is 13.2. The summed E-state index contributed by atoms with van der Waals surface area (Å²) >= 11 is 5.72. The molecule has 0 aliphatic heterocycles. The van der Waals surface area contributed by atoms with Crippen LogP contribution >= 0.6 is 11.6 Å². The maximum absolute atomic E-state index is 7.05. The van der Waals surface area contributed by atoms with E-state index < -0.39 is 0 Å². The van der Waals surface area contributed by atoms with E-state index in [1.54, 1.807) is 0 Å². The lowest BCUT2D eigenvalue weighted by Crippen LogP contribution is -1.96. The number of rotatable bonds is 5. The molecule has 2 aromatic rings. The van der Waals surface area contributed by atoms with Gasteiger partial charge in [0.1, 0.15) is 11.4 Å². The van der Waals surface area contributed by atoms with Crippen LogP contribution in [0, 0.1) is 5.53 Å². The molecule has 0 saturated carbocycles.